The summed E-state index contributed by atoms with van der Waals surface area (Å²) >= 11 is 4.73. The highest BCUT2D eigenvalue weighted by molar-refractivity contribution is 9.10. The maximum absolute atomic E-state index is 13.1. The van der Waals surface area contributed by atoms with Crippen LogP contribution in [-0.4, -0.2) is 32.1 Å². The Balaban J connectivity index is 1.69. The van der Waals surface area contributed by atoms with Crippen LogP contribution in [0.4, 0.5) is 15.6 Å². The molecule has 1 N–H and O–H groups in total. The van der Waals surface area contributed by atoms with E-state index in [2.05, 4.69) is 26.2 Å². The molecular weight excluding hydrogens is 514 g/mol. The Bertz CT molecular complexity index is 1160. The number of aryl methyl sites for hydroxylation is 2. The first-order valence-corrected chi connectivity index (χ1v) is 13.0. The first kappa shape index (κ1) is 24.4. The van der Waals surface area contributed by atoms with Crippen LogP contribution >= 0.6 is 27.3 Å². The van der Waals surface area contributed by atoms with E-state index in [4.69, 9.17) is 4.18 Å². The number of carbonyl (C=O) groups is 1. The molecule has 0 aliphatic heterocycles. The van der Waals surface area contributed by atoms with Crippen LogP contribution in [0.5, 0.6) is 0 Å². The summed E-state index contributed by atoms with van der Waals surface area (Å²) in [7, 11) is -3.87. The highest BCUT2D eigenvalue weighted by Crippen LogP contribution is 2.25. The minimum atomic E-state index is -3.87. The van der Waals surface area contributed by atoms with Crippen molar-refractivity contribution >= 4 is 54.2 Å². The summed E-state index contributed by atoms with van der Waals surface area (Å²) in [4.78, 5) is 19.1. The van der Waals surface area contributed by atoms with E-state index >= 15 is 0 Å². The summed E-state index contributed by atoms with van der Waals surface area (Å²) in [6.45, 7) is 5.50. The molecule has 7 nitrogen and oxygen atoms in total. The third-order valence-corrected chi connectivity index (χ3v) is 7.46. The molecule has 0 bridgehead atoms. The van der Waals surface area contributed by atoms with E-state index in [0.717, 1.165) is 15.7 Å². The lowest BCUT2D eigenvalue weighted by molar-refractivity contribution is 0.252. The Labute approximate surface area is 200 Å². The summed E-state index contributed by atoms with van der Waals surface area (Å²) in [5.74, 6) is 0. The lowest BCUT2D eigenvalue weighted by Gasteiger charge is -2.27. The van der Waals surface area contributed by atoms with E-state index in [0.29, 0.717) is 17.2 Å². The number of hydrogen-bond acceptors (Lipinski definition) is 6. The van der Waals surface area contributed by atoms with E-state index in [-0.39, 0.29) is 23.6 Å². The molecule has 1 atom stereocenters. The number of aromatic nitrogens is 1. The van der Waals surface area contributed by atoms with Crippen LogP contribution in [0.1, 0.15) is 24.6 Å². The van der Waals surface area contributed by atoms with Crippen molar-refractivity contribution in [3.63, 3.8) is 0 Å². The number of halogens is 1. The Morgan fingerprint density at radius 3 is 2.41 bits per heavy atom. The van der Waals surface area contributed by atoms with Crippen molar-refractivity contribution in [1.82, 2.24) is 4.98 Å². The van der Waals surface area contributed by atoms with Gasteiger partial charge in [-0.2, -0.15) is 8.42 Å². The molecule has 1 unspecified atom stereocenters. The molecule has 3 rings (SSSR count). The Hall–Kier alpha value is -2.27. The number of carbonyl (C=O) groups excluding carboxylic acids is 1. The van der Waals surface area contributed by atoms with Crippen molar-refractivity contribution in [3.05, 3.63) is 69.6 Å². The van der Waals surface area contributed by atoms with Crippen molar-refractivity contribution in [2.75, 3.05) is 16.8 Å². The molecule has 2 amide bonds. The maximum Gasteiger partial charge on any atom is 0.328 e. The van der Waals surface area contributed by atoms with E-state index in [1.165, 1.54) is 28.4 Å². The second-order valence-corrected chi connectivity index (χ2v) is 10.7. The van der Waals surface area contributed by atoms with Crippen molar-refractivity contribution < 1.29 is 17.4 Å². The molecule has 3 aromatic rings. The fraction of sp³-hybridized carbons (Fsp3) is 0.273. The van der Waals surface area contributed by atoms with Gasteiger partial charge in [0, 0.05) is 21.6 Å². The molecular formula is C22H24BrN3O4S2. The van der Waals surface area contributed by atoms with Crippen LogP contribution in [0.2, 0.25) is 0 Å². The number of hydrogen-bond donors (Lipinski definition) is 1. The minimum absolute atomic E-state index is 0.0657. The van der Waals surface area contributed by atoms with Gasteiger partial charge in [-0.05, 0) is 63.6 Å². The number of benzene rings is 2. The molecule has 0 fully saturated rings. The summed E-state index contributed by atoms with van der Waals surface area (Å²) in [6.07, 6.45) is 0.303. The molecule has 170 valence electrons. The third kappa shape index (κ3) is 6.38. The number of anilines is 2. The summed E-state index contributed by atoms with van der Waals surface area (Å²) in [5.41, 5.74) is 2.41. The van der Waals surface area contributed by atoms with Crippen molar-refractivity contribution in [3.8, 4) is 0 Å². The number of nitrogens with zero attached hydrogens (tertiary/aromatic N) is 2. The number of urea groups is 1. The Morgan fingerprint density at radius 1 is 1.16 bits per heavy atom. The zero-order valence-electron chi connectivity index (χ0n) is 17.9. The maximum atomic E-state index is 13.1. The summed E-state index contributed by atoms with van der Waals surface area (Å²) < 4.78 is 31.0. The molecule has 0 aliphatic rings. The van der Waals surface area contributed by atoms with Gasteiger partial charge in [-0.3, -0.25) is 9.08 Å². The zero-order valence-corrected chi connectivity index (χ0v) is 21.1. The van der Waals surface area contributed by atoms with E-state index < -0.39 is 10.1 Å². The van der Waals surface area contributed by atoms with Crippen LogP contribution in [-0.2, 0) is 14.3 Å². The van der Waals surface area contributed by atoms with Crippen LogP contribution in [0.25, 0.3) is 0 Å². The van der Waals surface area contributed by atoms with Crippen molar-refractivity contribution in [2.24, 2.45) is 0 Å². The predicted molar refractivity (Wildman–Crippen MR) is 131 cm³/mol. The lowest BCUT2D eigenvalue weighted by atomic mass is 10.2. The van der Waals surface area contributed by atoms with Crippen molar-refractivity contribution in [2.45, 2.75) is 38.1 Å². The molecule has 0 spiro atoms. The molecule has 0 aliphatic carbocycles. The molecule has 0 radical (unpaired) electrons. The van der Waals surface area contributed by atoms with Gasteiger partial charge in [0.05, 0.1) is 17.2 Å². The van der Waals surface area contributed by atoms with Gasteiger partial charge < -0.3 is 5.32 Å². The topological polar surface area (TPSA) is 88.6 Å². The van der Waals surface area contributed by atoms with Crippen LogP contribution < -0.4 is 10.2 Å². The van der Waals surface area contributed by atoms with Gasteiger partial charge in [-0.25, -0.2) is 9.78 Å². The number of rotatable bonds is 8. The van der Waals surface area contributed by atoms with Gasteiger partial charge in [-0.1, -0.05) is 33.6 Å². The SMILES string of the molecule is Cc1ccc(S(=O)(=O)OCCC(C)N(C(=O)Nc2ccc(Br)cc2)c2nc(C)cs2)cc1. The molecule has 1 heterocycles. The predicted octanol–water partition coefficient (Wildman–Crippen LogP) is 5.75. The Morgan fingerprint density at radius 2 is 1.81 bits per heavy atom. The highest BCUT2D eigenvalue weighted by atomic mass is 79.9. The van der Waals surface area contributed by atoms with E-state index in [1.54, 1.807) is 24.3 Å². The summed E-state index contributed by atoms with van der Waals surface area (Å²) in [5, 5.41) is 5.26. The van der Waals surface area contributed by atoms with Crippen LogP contribution in [0, 0.1) is 13.8 Å². The first-order chi connectivity index (χ1) is 15.2. The highest BCUT2D eigenvalue weighted by Gasteiger charge is 2.26. The minimum Gasteiger partial charge on any atom is -0.307 e. The average Bonchev–Trinajstić information content (AvgIpc) is 3.15. The van der Waals surface area contributed by atoms with Gasteiger partial charge >= 0.3 is 6.03 Å². The van der Waals surface area contributed by atoms with Crippen LogP contribution in [0.15, 0.2) is 63.3 Å². The molecule has 2 aromatic carbocycles. The summed E-state index contributed by atoms with van der Waals surface area (Å²) in [6, 6.07) is 13.0. The molecule has 0 saturated heterocycles. The van der Waals surface area contributed by atoms with E-state index in [9.17, 15) is 13.2 Å². The largest absolute Gasteiger partial charge is 0.328 e. The zero-order chi connectivity index (χ0) is 23.3. The fourth-order valence-corrected chi connectivity index (χ4v) is 4.96. The van der Waals surface area contributed by atoms with Gasteiger partial charge in [0.15, 0.2) is 5.13 Å². The first-order valence-electron chi connectivity index (χ1n) is 9.90. The van der Waals surface area contributed by atoms with Crippen LogP contribution in [0.3, 0.4) is 0 Å². The van der Waals surface area contributed by atoms with Gasteiger partial charge in [0.25, 0.3) is 10.1 Å². The van der Waals surface area contributed by atoms with Gasteiger partial charge in [-0.15, -0.1) is 11.3 Å². The monoisotopic (exact) mass is 537 g/mol. The standard InChI is InChI=1S/C22H24BrN3O4S2/c1-15-4-10-20(11-5-15)32(28,29)30-13-12-17(3)26(22-24-16(2)14-31-22)21(27)25-19-8-6-18(23)7-9-19/h4-11,14,17H,12-13H2,1-3H3,(H,25,27). The second kappa shape index (κ2) is 10.6. The lowest BCUT2D eigenvalue weighted by Crippen LogP contribution is -2.42. The molecule has 10 heteroatoms. The smallest absolute Gasteiger partial charge is 0.307 e. The molecule has 32 heavy (non-hydrogen) atoms. The van der Waals surface area contributed by atoms with E-state index in [1.807, 2.05) is 38.3 Å². The van der Waals surface area contributed by atoms with Crippen molar-refractivity contribution in [1.29, 1.82) is 0 Å². The number of thiazole rings is 1. The average molecular weight is 538 g/mol. The third-order valence-electron chi connectivity index (χ3n) is 4.65. The second-order valence-electron chi connectivity index (χ2n) is 7.31. The molecule has 0 saturated carbocycles. The van der Waals surface area contributed by atoms with Gasteiger partial charge in [0.2, 0.25) is 0 Å². The fourth-order valence-electron chi connectivity index (χ4n) is 2.88. The van der Waals surface area contributed by atoms with Gasteiger partial charge in [0.1, 0.15) is 0 Å². The Kier molecular flexibility index (Phi) is 8.05. The normalized spacial score (nSPS) is 12.4. The number of nitrogens with one attached hydrogen (secondary N) is 1. The quantitative estimate of drug-likeness (QED) is 0.370. The number of amides is 2. The molecule has 1 aromatic heterocycles.